The van der Waals surface area contributed by atoms with Crippen LogP contribution in [0.2, 0.25) is 0 Å². The minimum atomic E-state index is -0.286. The van der Waals surface area contributed by atoms with Gasteiger partial charge in [-0.3, -0.25) is 14.5 Å². The number of likely N-dealkylation sites (N-methyl/N-ethyl adjacent to an activating group) is 1. The van der Waals surface area contributed by atoms with E-state index in [2.05, 4.69) is 17.1 Å². The van der Waals surface area contributed by atoms with Crippen LogP contribution in [0.4, 0.5) is 4.79 Å². The number of amides is 4. The van der Waals surface area contributed by atoms with E-state index in [9.17, 15) is 14.4 Å². The van der Waals surface area contributed by atoms with Gasteiger partial charge in [0.05, 0.1) is 0 Å². The molecule has 1 N–H and O–H groups in total. The van der Waals surface area contributed by atoms with Gasteiger partial charge in [0.25, 0.3) is 5.91 Å². The van der Waals surface area contributed by atoms with Crippen LogP contribution in [0.5, 0.6) is 0 Å². The number of para-hydroxylation sites is 1. The van der Waals surface area contributed by atoms with Gasteiger partial charge in [0, 0.05) is 49.7 Å². The van der Waals surface area contributed by atoms with Crippen molar-refractivity contribution in [3.8, 4) is 0 Å². The van der Waals surface area contributed by atoms with Crippen LogP contribution in [-0.4, -0.2) is 69.8 Å². The summed E-state index contributed by atoms with van der Waals surface area (Å²) in [6.45, 7) is 4.40. The van der Waals surface area contributed by atoms with E-state index < -0.39 is 0 Å². The molecule has 3 aliphatic rings. The van der Waals surface area contributed by atoms with E-state index in [1.54, 1.807) is 4.90 Å². The third-order valence-electron chi connectivity index (χ3n) is 7.54. The third-order valence-corrected chi connectivity index (χ3v) is 7.54. The summed E-state index contributed by atoms with van der Waals surface area (Å²) in [5, 5.41) is 1.24. The first kappa shape index (κ1) is 20.1. The number of aryl methyl sites for hydroxylation is 1. The fourth-order valence-electron chi connectivity index (χ4n) is 5.72. The zero-order chi connectivity index (χ0) is 21.6. The summed E-state index contributed by atoms with van der Waals surface area (Å²) < 4.78 is 0. The Morgan fingerprint density at radius 2 is 1.97 bits per heavy atom. The van der Waals surface area contributed by atoms with Gasteiger partial charge in [-0.25, -0.2) is 4.79 Å². The summed E-state index contributed by atoms with van der Waals surface area (Å²) in [5.74, 6) is 0.178. The molecule has 0 radical (unpaired) electrons. The van der Waals surface area contributed by atoms with Crippen molar-refractivity contribution in [2.24, 2.45) is 5.41 Å². The van der Waals surface area contributed by atoms with Gasteiger partial charge in [-0.1, -0.05) is 18.2 Å². The second-order valence-electron chi connectivity index (χ2n) is 9.31. The van der Waals surface area contributed by atoms with Gasteiger partial charge in [-0.15, -0.1) is 0 Å². The number of fused-ring (bicyclic) bond motifs is 2. The molecule has 31 heavy (non-hydrogen) atoms. The molecule has 7 heteroatoms. The van der Waals surface area contributed by atoms with Crippen LogP contribution in [0.15, 0.2) is 30.5 Å². The molecule has 4 heterocycles. The second-order valence-corrected chi connectivity index (χ2v) is 9.31. The van der Waals surface area contributed by atoms with Gasteiger partial charge >= 0.3 is 6.03 Å². The van der Waals surface area contributed by atoms with Gasteiger partial charge in [0.15, 0.2) is 0 Å². The maximum Gasteiger partial charge on any atom is 0.327 e. The number of hydrogen-bond donors (Lipinski definition) is 1. The lowest BCUT2D eigenvalue weighted by molar-refractivity contribution is -0.134. The standard InChI is InChI=1S/C24H30N4O3/c1-2-27-22(30)20-14-24(16-28(20)23(27)31)10-12-26(13-11-24)21(29)9-5-6-17-15-25-19-8-4-3-7-18(17)19/h3-4,7-8,15,20,25H,2,5-6,9-14,16H2,1H3. The number of urea groups is 1. The van der Waals surface area contributed by atoms with Crippen LogP contribution >= 0.6 is 0 Å². The number of piperidine rings is 1. The number of likely N-dealkylation sites (tertiary alicyclic amines) is 1. The molecule has 1 atom stereocenters. The molecule has 7 nitrogen and oxygen atoms in total. The van der Waals surface area contributed by atoms with Gasteiger partial charge in [-0.05, 0) is 56.1 Å². The van der Waals surface area contributed by atoms with Gasteiger partial charge in [-0.2, -0.15) is 0 Å². The van der Waals surface area contributed by atoms with Crippen molar-refractivity contribution >= 4 is 28.7 Å². The minimum absolute atomic E-state index is 0.00334. The molecule has 4 amide bonds. The molecule has 1 aromatic carbocycles. The average Bonchev–Trinajstić information content (AvgIpc) is 3.42. The predicted octanol–water partition coefficient (Wildman–Crippen LogP) is 3.16. The van der Waals surface area contributed by atoms with Crippen LogP contribution in [0, 0.1) is 5.41 Å². The van der Waals surface area contributed by atoms with Crippen molar-refractivity contribution in [2.45, 2.75) is 51.5 Å². The second kappa shape index (κ2) is 7.70. The summed E-state index contributed by atoms with van der Waals surface area (Å²) in [6.07, 6.45) is 6.84. The van der Waals surface area contributed by atoms with Crippen molar-refractivity contribution in [1.29, 1.82) is 0 Å². The number of rotatable bonds is 5. The van der Waals surface area contributed by atoms with Gasteiger partial charge in [0.2, 0.25) is 5.91 Å². The van der Waals surface area contributed by atoms with Crippen molar-refractivity contribution < 1.29 is 14.4 Å². The number of aromatic nitrogens is 1. The van der Waals surface area contributed by atoms with E-state index in [1.165, 1.54) is 15.8 Å². The molecule has 1 unspecified atom stereocenters. The first-order chi connectivity index (χ1) is 15.0. The fourth-order valence-corrected chi connectivity index (χ4v) is 5.72. The van der Waals surface area contributed by atoms with E-state index in [0.29, 0.717) is 19.5 Å². The SMILES string of the molecule is CCN1C(=O)C2CC3(CCN(C(=O)CCCc4c[nH]c5ccccc45)CC3)CN2C1=O. The lowest BCUT2D eigenvalue weighted by Crippen LogP contribution is -2.45. The van der Waals surface area contributed by atoms with Crippen molar-refractivity contribution in [1.82, 2.24) is 19.7 Å². The minimum Gasteiger partial charge on any atom is -0.361 e. The summed E-state index contributed by atoms with van der Waals surface area (Å²) >= 11 is 0. The molecule has 3 fully saturated rings. The number of imide groups is 1. The average molecular weight is 423 g/mol. The van der Waals surface area contributed by atoms with E-state index in [1.807, 2.05) is 30.2 Å². The molecular formula is C24H30N4O3. The van der Waals surface area contributed by atoms with Gasteiger partial charge in [0.1, 0.15) is 6.04 Å². The van der Waals surface area contributed by atoms with Crippen molar-refractivity contribution in [3.05, 3.63) is 36.0 Å². The highest BCUT2D eigenvalue weighted by molar-refractivity contribution is 6.04. The summed E-state index contributed by atoms with van der Waals surface area (Å²) in [5.41, 5.74) is 2.40. The van der Waals surface area contributed by atoms with Crippen LogP contribution in [0.1, 0.15) is 44.6 Å². The van der Waals surface area contributed by atoms with Crippen LogP contribution in [0.3, 0.4) is 0 Å². The van der Waals surface area contributed by atoms with E-state index in [4.69, 9.17) is 0 Å². The highest BCUT2D eigenvalue weighted by atomic mass is 16.2. The maximum atomic E-state index is 12.8. The Balaban J connectivity index is 1.12. The number of aromatic amines is 1. The molecular weight excluding hydrogens is 392 g/mol. The van der Waals surface area contributed by atoms with E-state index in [-0.39, 0.29) is 29.3 Å². The normalized spacial score (nSPS) is 22.7. The highest BCUT2D eigenvalue weighted by Gasteiger charge is 2.56. The fraction of sp³-hybridized carbons (Fsp3) is 0.542. The molecule has 164 valence electrons. The predicted molar refractivity (Wildman–Crippen MR) is 117 cm³/mol. The first-order valence-electron chi connectivity index (χ1n) is 11.5. The molecule has 3 saturated heterocycles. The third kappa shape index (κ3) is 3.40. The Bertz CT molecular complexity index is 995. The molecule has 0 aliphatic carbocycles. The smallest absolute Gasteiger partial charge is 0.327 e. The largest absolute Gasteiger partial charge is 0.361 e. The summed E-state index contributed by atoms with van der Waals surface area (Å²) in [6, 6.07) is 7.84. The first-order valence-corrected chi connectivity index (χ1v) is 11.5. The molecule has 0 saturated carbocycles. The topological polar surface area (TPSA) is 76.7 Å². The summed E-state index contributed by atoms with van der Waals surface area (Å²) in [4.78, 5) is 46.2. The molecule has 1 spiro atoms. The number of carbonyl (C=O) groups excluding carboxylic acids is 3. The number of H-pyrrole nitrogens is 1. The maximum absolute atomic E-state index is 12.8. The lowest BCUT2D eigenvalue weighted by atomic mass is 9.76. The molecule has 2 aromatic rings. The Morgan fingerprint density at radius 1 is 1.19 bits per heavy atom. The monoisotopic (exact) mass is 422 g/mol. The van der Waals surface area contributed by atoms with Crippen LogP contribution in [-0.2, 0) is 16.0 Å². The number of carbonyl (C=O) groups is 3. The Kier molecular flexibility index (Phi) is 4.99. The molecule has 3 aliphatic heterocycles. The zero-order valence-electron chi connectivity index (χ0n) is 18.1. The van der Waals surface area contributed by atoms with E-state index >= 15 is 0 Å². The number of nitrogens with zero attached hydrogens (tertiary/aromatic N) is 3. The molecule has 5 rings (SSSR count). The highest BCUT2D eigenvalue weighted by Crippen LogP contribution is 2.46. The van der Waals surface area contributed by atoms with Crippen molar-refractivity contribution in [2.75, 3.05) is 26.2 Å². The number of benzene rings is 1. The Morgan fingerprint density at radius 3 is 2.71 bits per heavy atom. The van der Waals surface area contributed by atoms with E-state index in [0.717, 1.165) is 50.7 Å². The lowest BCUT2D eigenvalue weighted by Gasteiger charge is -2.39. The quantitative estimate of drug-likeness (QED) is 0.752. The molecule has 0 bridgehead atoms. The molecule has 1 aromatic heterocycles. The van der Waals surface area contributed by atoms with Crippen LogP contribution < -0.4 is 0 Å². The Hall–Kier alpha value is -2.83. The van der Waals surface area contributed by atoms with Crippen LogP contribution in [0.25, 0.3) is 10.9 Å². The Labute approximate surface area is 182 Å². The van der Waals surface area contributed by atoms with Crippen molar-refractivity contribution in [3.63, 3.8) is 0 Å². The summed E-state index contributed by atoms with van der Waals surface area (Å²) in [7, 11) is 0. The number of nitrogens with one attached hydrogen (secondary N) is 1. The number of hydrogen-bond acceptors (Lipinski definition) is 3. The zero-order valence-corrected chi connectivity index (χ0v) is 18.1. The van der Waals surface area contributed by atoms with Gasteiger partial charge < -0.3 is 14.8 Å².